The van der Waals surface area contributed by atoms with E-state index in [0.717, 1.165) is 11.8 Å². The van der Waals surface area contributed by atoms with Crippen LogP contribution in [-0.2, 0) is 20.9 Å². The number of benzene rings is 1. The van der Waals surface area contributed by atoms with Gasteiger partial charge in [0.05, 0.1) is 5.92 Å². The van der Waals surface area contributed by atoms with Crippen molar-refractivity contribution in [3.63, 3.8) is 0 Å². The highest BCUT2D eigenvalue weighted by Crippen LogP contribution is 2.57. The molecule has 0 aromatic heterocycles. The Balaban J connectivity index is 1.89. The largest absolute Gasteiger partial charge is 0.461 e. The number of hydrogen-bond acceptors (Lipinski definition) is 3. The van der Waals surface area contributed by atoms with Crippen LogP contribution in [0.2, 0.25) is 0 Å². The summed E-state index contributed by atoms with van der Waals surface area (Å²) in [5, 5.41) is 0. The zero-order chi connectivity index (χ0) is 12.5. The summed E-state index contributed by atoms with van der Waals surface area (Å²) in [6, 6.07) is 9.53. The SMILES string of the molecule is CC1(C)[C@H](C(=O)OCc2ccccc2)[C@@H]1C=O. The highest BCUT2D eigenvalue weighted by molar-refractivity contribution is 5.84. The van der Waals surface area contributed by atoms with Crippen LogP contribution in [0.1, 0.15) is 19.4 Å². The van der Waals surface area contributed by atoms with Gasteiger partial charge in [0.2, 0.25) is 0 Å². The van der Waals surface area contributed by atoms with Gasteiger partial charge < -0.3 is 9.53 Å². The number of carbonyl (C=O) groups is 2. The van der Waals surface area contributed by atoms with E-state index in [9.17, 15) is 9.59 Å². The van der Waals surface area contributed by atoms with Crippen molar-refractivity contribution in [2.75, 3.05) is 0 Å². The summed E-state index contributed by atoms with van der Waals surface area (Å²) in [4.78, 5) is 22.5. The second kappa shape index (κ2) is 4.32. The van der Waals surface area contributed by atoms with E-state index in [1.807, 2.05) is 44.2 Å². The van der Waals surface area contributed by atoms with Crippen LogP contribution in [0.25, 0.3) is 0 Å². The lowest BCUT2D eigenvalue weighted by Crippen LogP contribution is -2.10. The minimum absolute atomic E-state index is 0.189. The van der Waals surface area contributed by atoms with Gasteiger partial charge in [-0.2, -0.15) is 0 Å². The average Bonchev–Trinajstić information content (AvgIpc) is 2.89. The maximum Gasteiger partial charge on any atom is 0.310 e. The van der Waals surface area contributed by atoms with Gasteiger partial charge in [0.25, 0.3) is 0 Å². The molecular weight excluding hydrogens is 216 g/mol. The van der Waals surface area contributed by atoms with Crippen LogP contribution in [0.15, 0.2) is 30.3 Å². The maximum absolute atomic E-state index is 11.8. The zero-order valence-electron chi connectivity index (χ0n) is 10.1. The lowest BCUT2D eigenvalue weighted by Gasteiger charge is -2.05. The zero-order valence-corrected chi connectivity index (χ0v) is 10.1. The molecule has 0 bridgehead atoms. The Morgan fingerprint density at radius 2 is 2.00 bits per heavy atom. The molecule has 0 amide bonds. The second-order valence-electron chi connectivity index (χ2n) is 5.05. The Morgan fingerprint density at radius 1 is 1.35 bits per heavy atom. The molecule has 90 valence electrons. The summed E-state index contributed by atoms with van der Waals surface area (Å²) in [7, 11) is 0. The van der Waals surface area contributed by atoms with Crippen LogP contribution in [0.4, 0.5) is 0 Å². The summed E-state index contributed by atoms with van der Waals surface area (Å²) in [6.07, 6.45) is 0.856. The monoisotopic (exact) mass is 232 g/mol. The fourth-order valence-corrected chi connectivity index (χ4v) is 2.20. The van der Waals surface area contributed by atoms with Crippen molar-refractivity contribution in [3.05, 3.63) is 35.9 Å². The van der Waals surface area contributed by atoms with Gasteiger partial charge in [0, 0.05) is 5.92 Å². The van der Waals surface area contributed by atoms with Crippen molar-refractivity contribution < 1.29 is 14.3 Å². The normalized spacial score (nSPS) is 25.1. The predicted molar refractivity (Wildman–Crippen MR) is 63.1 cm³/mol. The minimum Gasteiger partial charge on any atom is -0.461 e. The van der Waals surface area contributed by atoms with Crippen molar-refractivity contribution in [1.29, 1.82) is 0 Å². The summed E-state index contributed by atoms with van der Waals surface area (Å²) in [6.45, 7) is 4.11. The summed E-state index contributed by atoms with van der Waals surface area (Å²) in [5.41, 5.74) is 0.720. The van der Waals surface area contributed by atoms with E-state index >= 15 is 0 Å². The summed E-state index contributed by atoms with van der Waals surface area (Å²) < 4.78 is 5.22. The molecule has 0 radical (unpaired) electrons. The molecule has 0 unspecified atom stereocenters. The first-order chi connectivity index (χ1) is 8.07. The molecule has 2 atom stereocenters. The van der Waals surface area contributed by atoms with E-state index in [4.69, 9.17) is 4.74 Å². The Labute approximate surface area is 101 Å². The number of hydrogen-bond donors (Lipinski definition) is 0. The molecule has 1 aromatic carbocycles. The third kappa shape index (κ3) is 2.23. The maximum atomic E-state index is 11.8. The molecule has 3 heteroatoms. The Bertz CT molecular complexity index is 422. The first-order valence-corrected chi connectivity index (χ1v) is 5.73. The fourth-order valence-electron chi connectivity index (χ4n) is 2.20. The molecule has 1 fully saturated rings. The second-order valence-corrected chi connectivity index (χ2v) is 5.05. The smallest absolute Gasteiger partial charge is 0.310 e. The van der Waals surface area contributed by atoms with Gasteiger partial charge in [0.1, 0.15) is 12.9 Å². The van der Waals surface area contributed by atoms with Gasteiger partial charge in [-0.15, -0.1) is 0 Å². The van der Waals surface area contributed by atoms with Crippen molar-refractivity contribution >= 4 is 12.3 Å². The molecule has 0 N–H and O–H groups in total. The van der Waals surface area contributed by atoms with Crippen LogP contribution in [0.5, 0.6) is 0 Å². The molecule has 0 saturated heterocycles. The van der Waals surface area contributed by atoms with E-state index < -0.39 is 0 Å². The van der Waals surface area contributed by atoms with E-state index in [-0.39, 0.29) is 29.8 Å². The van der Waals surface area contributed by atoms with E-state index in [2.05, 4.69) is 0 Å². The Morgan fingerprint density at radius 3 is 2.53 bits per heavy atom. The van der Waals surface area contributed by atoms with Crippen molar-refractivity contribution in [3.8, 4) is 0 Å². The molecule has 0 heterocycles. The molecule has 1 aliphatic rings. The van der Waals surface area contributed by atoms with Crippen LogP contribution in [0, 0.1) is 17.3 Å². The molecule has 1 saturated carbocycles. The number of aldehydes is 1. The lowest BCUT2D eigenvalue weighted by molar-refractivity contribution is -0.147. The highest BCUT2D eigenvalue weighted by atomic mass is 16.5. The molecule has 0 aliphatic heterocycles. The third-order valence-electron chi connectivity index (χ3n) is 3.54. The van der Waals surface area contributed by atoms with Crippen LogP contribution >= 0.6 is 0 Å². The molecule has 3 nitrogen and oxygen atoms in total. The van der Waals surface area contributed by atoms with Crippen LogP contribution < -0.4 is 0 Å². The predicted octanol–water partition coefficient (Wildman–Crippen LogP) is 2.20. The highest BCUT2D eigenvalue weighted by Gasteiger charge is 2.62. The van der Waals surface area contributed by atoms with E-state index in [1.54, 1.807) is 0 Å². The number of esters is 1. The Kier molecular flexibility index (Phi) is 3.01. The summed E-state index contributed by atoms with van der Waals surface area (Å²) in [5.74, 6) is -0.731. The lowest BCUT2D eigenvalue weighted by atomic mass is 10.1. The van der Waals surface area contributed by atoms with E-state index in [0.29, 0.717) is 0 Å². The first kappa shape index (κ1) is 11.8. The molecule has 17 heavy (non-hydrogen) atoms. The van der Waals surface area contributed by atoms with Gasteiger partial charge in [-0.05, 0) is 11.0 Å². The molecular formula is C14H16O3. The average molecular weight is 232 g/mol. The van der Waals surface area contributed by atoms with Gasteiger partial charge in [-0.25, -0.2) is 0 Å². The van der Waals surface area contributed by atoms with Crippen molar-refractivity contribution in [2.24, 2.45) is 17.3 Å². The number of carbonyl (C=O) groups excluding carboxylic acids is 2. The topological polar surface area (TPSA) is 43.4 Å². The fraction of sp³-hybridized carbons (Fsp3) is 0.429. The van der Waals surface area contributed by atoms with Crippen LogP contribution in [0.3, 0.4) is 0 Å². The molecule has 1 aliphatic carbocycles. The van der Waals surface area contributed by atoms with Crippen molar-refractivity contribution in [2.45, 2.75) is 20.5 Å². The first-order valence-electron chi connectivity index (χ1n) is 5.73. The number of rotatable bonds is 4. The van der Waals surface area contributed by atoms with Gasteiger partial charge in [0.15, 0.2) is 0 Å². The number of ether oxygens (including phenoxy) is 1. The molecule has 2 rings (SSSR count). The minimum atomic E-state index is -0.274. The quantitative estimate of drug-likeness (QED) is 0.590. The molecule has 1 aromatic rings. The van der Waals surface area contributed by atoms with Gasteiger partial charge in [-0.1, -0.05) is 44.2 Å². The summed E-state index contributed by atoms with van der Waals surface area (Å²) >= 11 is 0. The molecule has 0 spiro atoms. The standard InChI is InChI=1S/C14H16O3/c1-14(2)11(8-15)12(14)13(16)17-9-10-6-4-3-5-7-10/h3-8,11-12H,9H2,1-2H3/t11-,12-/m0/s1. The van der Waals surface area contributed by atoms with E-state index in [1.165, 1.54) is 0 Å². The van der Waals surface area contributed by atoms with Crippen LogP contribution in [-0.4, -0.2) is 12.3 Å². The van der Waals surface area contributed by atoms with Gasteiger partial charge in [-0.3, -0.25) is 4.79 Å². The van der Waals surface area contributed by atoms with Crippen molar-refractivity contribution in [1.82, 2.24) is 0 Å². The Hall–Kier alpha value is -1.64. The van der Waals surface area contributed by atoms with Gasteiger partial charge >= 0.3 is 5.97 Å². The third-order valence-corrected chi connectivity index (χ3v) is 3.54.